The monoisotopic (exact) mass is 240 g/mol. The highest BCUT2D eigenvalue weighted by Gasteiger charge is 2.13. The molecule has 0 aromatic carbocycles. The Bertz CT molecular complexity index is 357. The molecule has 90 valence electrons. The third-order valence-corrected chi connectivity index (χ3v) is 3.31. The zero-order chi connectivity index (χ0) is 12.3. The second kappa shape index (κ2) is 5.06. The number of ketones is 1. The number of aromatic nitrogens is 1. The van der Waals surface area contributed by atoms with Gasteiger partial charge in [-0.15, -0.1) is 11.3 Å². The number of nitrogens with zero attached hydrogens (tertiary/aromatic N) is 1. The van der Waals surface area contributed by atoms with E-state index in [4.69, 9.17) is 0 Å². The molecule has 0 spiro atoms. The molecule has 1 rings (SSSR count). The lowest BCUT2D eigenvalue weighted by atomic mass is 10.1. The maximum atomic E-state index is 11.7. The highest BCUT2D eigenvalue weighted by Crippen LogP contribution is 2.16. The highest BCUT2D eigenvalue weighted by atomic mass is 32.1. The lowest BCUT2D eigenvalue weighted by molar-refractivity contribution is -0.117. The smallest absolute Gasteiger partial charge is 0.153 e. The van der Waals surface area contributed by atoms with E-state index in [-0.39, 0.29) is 11.3 Å². The van der Waals surface area contributed by atoms with Crippen LogP contribution < -0.4 is 5.32 Å². The molecule has 0 unspecified atom stereocenters. The van der Waals surface area contributed by atoms with Gasteiger partial charge in [0.2, 0.25) is 0 Å². The zero-order valence-corrected chi connectivity index (χ0v) is 11.5. The van der Waals surface area contributed by atoms with Gasteiger partial charge in [0.05, 0.1) is 18.7 Å². The minimum Gasteiger partial charge on any atom is -0.305 e. The van der Waals surface area contributed by atoms with Crippen LogP contribution in [0.5, 0.6) is 0 Å². The van der Waals surface area contributed by atoms with Crippen LogP contribution in [0.1, 0.15) is 36.3 Å². The van der Waals surface area contributed by atoms with Gasteiger partial charge in [-0.05, 0) is 34.6 Å². The first-order valence-corrected chi connectivity index (χ1v) is 6.29. The topological polar surface area (TPSA) is 42.0 Å². The van der Waals surface area contributed by atoms with Crippen LogP contribution in [0.2, 0.25) is 0 Å². The van der Waals surface area contributed by atoms with Crippen molar-refractivity contribution in [1.29, 1.82) is 0 Å². The molecule has 0 amide bonds. The molecule has 16 heavy (non-hydrogen) atoms. The van der Waals surface area contributed by atoms with Gasteiger partial charge in [-0.1, -0.05) is 0 Å². The Kier molecular flexibility index (Phi) is 4.21. The summed E-state index contributed by atoms with van der Waals surface area (Å²) in [7, 11) is 0. The predicted molar refractivity (Wildman–Crippen MR) is 68.1 cm³/mol. The summed E-state index contributed by atoms with van der Waals surface area (Å²) in [5.41, 5.74) is 1.03. The van der Waals surface area contributed by atoms with Gasteiger partial charge in [-0.2, -0.15) is 0 Å². The number of hydrogen-bond acceptors (Lipinski definition) is 4. The van der Waals surface area contributed by atoms with Crippen LogP contribution in [0, 0.1) is 13.8 Å². The molecule has 0 radical (unpaired) electrons. The molecule has 0 aliphatic carbocycles. The minimum absolute atomic E-state index is 0.00955. The maximum absolute atomic E-state index is 11.7. The van der Waals surface area contributed by atoms with E-state index >= 15 is 0 Å². The van der Waals surface area contributed by atoms with Crippen molar-refractivity contribution < 1.29 is 4.79 Å². The molecular weight excluding hydrogens is 220 g/mol. The Morgan fingerprint density at radius 2 is 2.00 bits per heavy atom. The standard InChI is InChI=1S/C12H20N2OS/c1-8-9(2)16-11(14-8)6-10(15)7-13-12(3,4)5/h13H,6-7H2,1-5H3. The Morgan fingerprint density at radius 1 is 1.38 bits per heavy atom. The van der Waals surface area contributed by atoms with E-state index in [1.807, 2.05) is 13.8 Å². The molecule has 0 aliphatic rings. The molecule has 0 saturated carbocycles. The lowest BCUT2D eigenvalue weighted by Gasteiger charge is -2.19. The van der Waals surface area contributed by atoms with Gasteiger partial charge in [-0.25, -0.2) is 4.98 Å². The Balaban J connectivity index is 2.46. The van der Waals surface area contributed by atoms with Crippen molar-refractivity contribution in [1.82, 2.24) is 10.3 Å². The van der Waals surface area contributed by atoms with Crippen LogP contribution in [0.3, 0.4) is 0 Å². The van der Waals surface area contributed by atoms with Crippen molar-refractivity contribution in [3.8, 4) is 0 Å². The van der Waals surface area contributed by atoms with Gasteiger partial charge in [0, 0.05) is 10.4 Å². The van der Waals surface area contributed by atoms with Crippen molar-refractivity contribution >= 4 is 17.1 Å². The fraction of sp³-hybridized carbons (Fsp3) is 0.667. The number of carbonyl (C=O) groups is 1. The van der Waals surface area contributed by atoms with Crippen LogP contribution in [0.25, 0.3) is 0 Å². The minimum atomic E-state index is -0.00955. The van der Waals surface area contributed by atoms with Crippen LogP contribution in [-0.4, -0.2) is 22.9 Å². The Labute approximate surface area is 101 Å². The molecule has 0 bridgehead atoms. The number of nitrogens with one attached hydrogen (secondary N) is 1. The van der Waals surface area contributed by atoms with Gasteiger partial charge in [0.1, 0.15) is 5.01 Å². The van der Waals surface area contributed by atoms with Crippen molar-refractivity contribution in [3.05, 3.63) is 15.6 Å². The van der Waals surface area contributed by atoms with Crippen LogP contribution in [0.15, 0.2) is 0 Å². The summed E-state index contributed by atoms with van der Waals surface area (Å²) < 4.78 is 0. The molecule has 0 atom stereocenters. The summed E-state index contributed by atoms with van der Waals surface area (Å²) >= 11 is 1.62. The van der Waals surface area contributed by atoms with Gasteiger partial charge >= 0.3 is 0 Å². The second-order valence-electron chi connectivity index (χ2n) is 5.07. The molecule has 1 aromatic rings. The summed E-state index contributed by atoms with van der Waals surface area (Å²) in [4.78, 5) is 17.2. The van der Waals surface area contributed by atoms with Crippen LogP contribution >= 0.6 is 11.3 Å². The van der Waals surface area contributed by atoms with Crippen molar-refractivity contribution in [2.24, 2.45) is 0 Å². The molecule has 1 aromatic heterocycles. The molecule has 3 nitrogen and oxygen atoms in total. The summed E-state index contributed by atoms with van der Waals surface area (Å²) in [5, 5.41) is 4.12. The highest BCUT2D eigenvalue weighted by molar-refractivity contribution is 7.11. The third-order valence-electron chi connectivity index (χ3n) is 2.24. The maximum Gasteiger partial charge on any atom is 0.153 e. The number of carbonyl (C=O) groups excluding carboxylic acids is 1. The lowest BCUT2D eigenvalue weighted by Crippen LogP contribution is -2.39. The van der Waals surface area contributed by atoms with E-state index in [2.05, 4.69) is 31.1 Å². The quantitative estimate of drug-likeness (QED) is 0.877. The summed E-state index contributed by atoms with van der Waals surface area (Å²) in [6, 6.07) is 0. The van der Waals surface area contributed by atoms with E-state index in [1.165, 1.54) is 4.88 Å². The largest absolute Gasteiger partial charge is 0.305 e. The summed E-state index contributed by atoms with van der Waals surface area (Å²) in [6.07, 6.45) is 0.447. The number of hydrogen-bond donors (Lipinski definition) is 1. The molecule has 0 aliphatic heterocycles. The Morgan fingerprint density at radius 3 is 2.44 bits per heavy atom. The van der Waals surface area contributed by atoms with E-state index in [1.54, 1.807) is 11.3 Å². The van der Waals surface area contributed by atoms with E-state index in [0.29, 0.717) is 13.0 Å². The normalized spacial score (nSPS) is 11.8. The SMILES string of the molecule is Cc1nc(CC(=O)CNC(C)(C)C)sc1C. The van der Waals surface area contributed by atoms with Crippen molar-refractivity contribution in [2.75, 3.05) is 6.54 Å². The number of thiazole rings is 1. The zero-order valence-electron chi connectivity index (χ0n) is 10.7. The van der Waals surface area contributed by atoms with Crippen molar-refractivity contribution in [3.63, 3.8) is 0 Å². The summed E-state index contributed by atoms with van der Waals surface area (Å²) in [6.45, 7) is 10.6. The first-order valence-electron chi connectivity index (χ1n) is 5.47. The van der Waals surface area contributed by atoms with Crippen molar-refractivity contribution in [2.45, 2.75) is 46.6 Å². The fourth-order valence-electron chi connectivity index (χ4n) is 1.21. The number of aryl methyl sites for hydroxylation is 2. The van der Waals surface area contributed by atoms with Crippen LogP contribution in [-0.2, 0) is 11.2 Å². The molecule has 1 N–H and O–H groups in total. The number of Topliss-reactive ketones (excluding diaryl/α,β-unsaturated/α-hetero) is 1. The first-order chi connectivity index (χ1) is 7.28. The van der Waals surface area contributed by atoms with Gasteiger partial charge in [0.15, 0.2) is 5.78 Å². The average molecular weight is 240 g/mol. The molecule has 0 saturated heterocycles. The van der Waals surface area contributed by atoms with E-state index in [0.717, 1.165) is 10.7 Å². The first kappa shape index (κ1) is 13.3. The fourth-order valence-corrected chi connectivity index (χ4v) is 2.17. The number of rotatable bonds is 4. The molecule has 4 heteroatoms. The molecular formula is C12H20N2OS. The predicted octanol–water partition coefficient (Wildman–Crippen LogP) is 2.26. The van der Waals surface area contributed by atoms with Gasteiger partial charge in [0.25, 0.3) is 0 Å². The van der Waals surface area contributed by atoms with Gasteiger partial charge < -0.3 is 5.32 Å². The third kappa shape index (κ3) is 4.41. The molecule has 0 fully saturated rings. The van der Waals surface area contributed by atoms with Crippen LogP contribution in [0.4, 0.5) is 0 Å². The molecule has 1 heterocycles. The average Bonchev–Trinajstić information content (AvgIpc) is 2.41. The van der Waals surface area contributed by atoms with E-state index < -0.39 is 0 Å². The summed E-state index contributed by atoms with van der Waals surface area (Å²) in [5.74, 6) is 0.198. The van der Waals surface area contributed by atoms with Gasteiger partial charge in [-0.3, -0.25) is 4.79 Å². The Hall–Kier alpha value is -0.740. The van der Waals surface area contributed by atoms with E-state index in [9.17, 15) is 4.79 Å². The second-order valence-corrected chi connectivity index (χ2v) is 6.36.